The second-order valence-corrected chi connectivity index (χ2v) is 5.58. The largest absolute Gasteiger partial charge is 0.460 e. The highest BCUT2D eigenvalue weighted by Gasteiger charge is 2.94. The standard InChI is InChI=1S/C10F22O/c11-1(12,3(15,16)7(21,22)23)5(19,9(27,28)29)33-6(20,10(30,31)32)2(13,14)4(17,18)8(24,25)26/t5-,6-/m0/s1. The molecule has 2 atom stereocenters. The number of hydrogen-bond acceptors (Lipinski definition) is 1. The SMILES string of the molecule is FC(F)(F)C(F)(F)C(F)(F)[C@](F)(O[C@](F)(C(F)(F)F)C(F)(F)C(F)(F)C(F)(F)F)C(F)(F)F. The Morgan fingerprint density at radius 3 is 0.545 bits per heavy atom. The van der Waals surface area contributed by atoms with E-state index >= 15 is 0 Å². The van der Waals surface area contributed by atoms with Gasteiger partial charge < -0.3 is 0 Å². The van der Waals surface area contributed by atoms with Crippen molar-refractivity contribution in [3.63, 3.8) is 0 Å². The average Bonchev–Trinajstić information content (AvgIpc) is 2.49. The zero-order valence-corrected chi connectivity index (χ0v) is 13.7. The van der Waals surface area contributed by atoms with E-state index in [-0.39, 0.29) is 0 Å². The maximum Gasteiger partial charge on any atom is 0.460 e. The zero-order valence-electron chi connectivity index (χ0n) is 13.7. The lowest BCUT2D eigenvalue weighted by Gasteiger charge is -2.45. The van der Waals surface area contributed by atoms with Gasteiger partial charge in [-0.1, -0.05) is 0 Å². The Morgan fingerprint density at radius 1 is 0.242 bits per heavy atom. The molecule has 0 aliphatic carbocycles. The molecule has 0 N–H and O–H groups in total. The van der Waals surface area contributed by atoms with Gasteiger partial charge in [-0.3, -0.25) is 4.74 Å². The molecule has 0 aromatic heterocycles. The minimum absolute atomic E-state index is 0.804. The predicted octanol–water partition coefficient (Wildman–Crippen LogP) is 7.13. The summed E-state index contributed by atoms with van der Waals surface area (Å²) in [7, 11) is 0. The molecule has 0 aliphatic rings. The van der Waals surface area contributed by atoms with E-state index in [4.69, 9.17) is 0 Å². The van der Waals surface area contributed by atoms with Crippen LogP contribution in [0.2, 0.25) is 0 Å². The van der Waals surface area contributed by atoms with Crippen molar-refractivity contribution in [1.29, 1.82) is 0 Å². The number of halogens is 22. The van der Waals surface area contributed by atoms with Gasteiger partial charge in [0.05, 0.1) is 0 Å². The molecular weight excluding hydrogens is 554 g/mol. The summed E-state index contributed by atoms with van der Waals surface area (Å²) in [6, 6.07) is 0. The van der Waals surface area contributed by atoms with Gasteiger partial charge in [0.2, 0.25) is 0 Å². The number of ether oxygens (including phenoxy) is 1. The van der Waals surface area contributed by atoms with Crippen LogP contribution in [0, 0.1) is 0 Å². The molecule has 0 aliphatic heterocycles. The lowest BCUT2D eigenvalue weighted by molar-refractivity contribution is -0.540. The highest BCUT2D eigenvalue weighted by Crippen LogP contribution is 2.64. The van der Waals surface area contributed by atoms with E-state index in [0.29, 0.717) is 0 Å². The Labute approximate surface area is 163 Å². The molecule has 0 saturated heterocycles. The first kappa shape index (κ1) is 31.4. The number of alkyl halides is 22. The fourth-order valence-corrected chi connectivity index (χ4v) is 1.55. The summed E-state index contributed by atoms with van der Waals surface area (Å²) < 4.78 is 278. The summed E-state index contributed by atoms with van der Waals surface area (Å²) in [5.74, 6) is -53.0. The molecule has 0 heterocycles. The quantitative estimate of drug-likeness (QED) is 0.318. The normalized spacial score (nSPS) is 19.8. The van der Waals surface area contributed by atoms with Gasteiger partial charge in [0.25, 0.3) is 0 Å². The summed E-state index contributed by atoms with van der Waals surface area (Å²) in [6.07, 6.45) is -33.3. The first-order valence-electron chi connectivity index (χ1n) is 6.57. The van der Waals surface area contributed by atoms with E-state index in [9.17, 15) is 96.6 Å². The van der Waals surface area contributed by atoms with Gasteiger partial charge in [0.1, 0.15) is 0 Å². The molecule has 0 radical (unpaired) electrons. The van der Waals surface area contributed by atoms with Crippen molar-refractivity contribution in [3.05, 3.63) is 0 Å². The van der Waals surface area contributed by atoms with Crippen molar-refractivity contribution in [2.24, 2.45) is 0 Å². The van der Waals surface area contributed by atoms with Crippen LogP contribution in [0.4, 0.5) is 96.6 Å². The summed E-state index contributed by atoms with van der Waals surface area (Å²) in [4.78, 5) is 0. The van der Waals surface area contributed by atoms with Crippen molar-refractivity contribution in [3.8, 4) is 0 Å². The van der Waals surface area contributed by atoms with Crippen LogP contribution in [0.15, 0.2) is 0 Å². The third-order valence-electron chi connectivity index (χ3n) is 3.32. The Bertz CT molecular complexity index is 645. The maximum absolute atomic E-state index is 13.7. The van der Waals surface area contributed by atoms with Gasteiger partial charge in [0.15, 0.2) is 0 Å². The Kier molecular flexibility index (Phi) is 7.10. The molecule has 0 bridgehead atoms. The van der Waals surface area contributed by atoms with Crippen molar-refractivity contribution < 1.29 is 101 Å². The third-order valence-corrected chi connectivity index (χ3v) is 3.32. The van der Waals surface area contributed by atoms with Crippen molar-refractivity contribution in [2.75, 3.05) is 0 Å². The molecule has 0 unspecified atom stereocenters. The molecule has 0 saturated carbocycles. The molecule has 0 aromatic carbocycles. The van der Waals surface area contributed by atoms with Crippen LogP contribution in [0.5, 0.6) is 0 Å². The molecule has 23 heteroatoms. The molecule has 0 fully saturated rings. The van der Waals surface area contributed by atoms with Gasteiger partial charge in [-0.2, -0.15) is 96.6 Å². The van der Waals surface area contributed by atoms with Gasteiger partial charge in [-0.05, 0) is 0 Å². The van der Waals surface area contributed by atoms with Gasteiger partial charge in [-0.15, -0.1) is 0 Å². The number of rotatable bonds is 6. The predicted molar refractivity (Wildman–Crippen MR) is 52.8 cm³/mol. The van der Waals surface area contributed by atoms with Gasteiger partial charge >= 0.3 is 60.1 Å². The second kappa shape index (κ2) is 7.46. The van der Waals surface area contributed by atoms with E-state index in [0.717, 1.165) is 4.74 Å². The molecule has 200 valence electrons. The Morgan fingerprint density at radius 2 is 0.424 bits per heavy atom. The molecule has 1 nitrogen and oxygen atoms in total. The van der Waals surface area contributed by atoms with E-state index in [1.807, 2.05) is 0 Å². The van der Waals surface area contributed by atoms with E-state index < -0.39 is 60.1 Å². The van der Waals surface area contributed by atoms with Gasteiger partial charge in [0, 0.05) is 0 Å². The fourth-order valence-electron chi connectivity index (χ4n) is 1.55. The van der Waals surface area contributed by atoms with Crippen LogP contribution in [-0.4, -0.2) is 60.1 Å². The van der Waals surface area contributed by atoms with E-state index in [1.165, 1.54) is 0 Å². The maximum atomic E-state index is 13.7. The summed E-state index contributed by atoms with van der Waals surface area (Å²) in [5.41, 5.74) is 0. The van der Waals surface area contributed by atoms with E-state index in [1.54, 1.807) is 0 Å². The summed E-state index contributed by atoms with van der Waals surface area (Å²) >= 11 is 0. The van der Waals surface area contributed by atoms with Crippen LogP contribution in [0.3, 0.4) is 0 Å². The third kappa shape index (κ3) is 4.21. The second-order valence-electron chi connectivity index (χ2n) is 5.58. The van der Waals surface area contributed by atoms with Gasteiger partial charge in [-0.25, -0.2) is 0 Å². The number of hydrogen-bond donors (Lipinski definition) is 0. The van der Waals surface area contributed by atoms with Crippen LogP contribution in [0.25, 0.3) is 0 Å². The summed E-state index contributed by atoms with van der Waals surface area (Å²) in [5, 5.41) is 0. The molecule has 33 heavy (non-hydrogen) atoms. The van der Waals surface area contributed by atoms with Crippen LogP contribution < -0.4 is 0 Å². The van der Waals surface area contributed by atoms with Crippen molar-refractivity contribution in [2.45, 2.75) is 60.1 Å². The fraction of sp³-hybridized carbons (Fsp3) is 1.00. The van der Waals surface area contributed by atoms with Crippen molar-refractivity contribution in [1.82, 2.24) is 0 Å². The minimum atomic E-state index is -8.96. The molecule has 0 aromatic rings. The monoisotopic (exact) mass is 554 g/mol. The summed E-state index contributed by atoms with van der Waals surface area (Å²) in [6.45, 7) is 0. The highest BCUT2D eigenvalue weighted by atomic mass is 19.4. The molecule has 0 spiro atoms. The molecular formula is C10F22O. The molecule has 0 rings (SSSR count). The first-order valence-corrected chi connectivity index (χ1v) is 6.57. The first-order chi connectivity index (χ1) is 13.7. The average molecular weight is 554 g/mol. The lowest BCUT2D eigenvalue weighted by Crippen LogP contribution is -2.75. The van der Waals surface area contributed by atoms with Crippen LogP contribution >= 0.6 is 0 Å². The Hall–Kier alpha value is -1.58. The van der Waals surface area contributed by atoms with Crippen LogP contribution in [0.1, 0.15) is 0 Å². The van der Waals surface area contributed by atoms with E-state index in [2.05, 4.69) is 0 Å². The highest BCUT2D eigenvalue weighted by molar-refractivity contribution is 5.10. The lowest BCUT2D eigenvalue weighted by atomic mass is 9.98. The topological polar surface area (TPSA) is 9.23 Å². The molecule has 0 amide bonds. The smallest absolute Gasteiger partial charge is 0.284 e. The minimum Gasteiger partial charge on any atom is -0.284 e. The van der Waals surface area contributed by atoms with Crippen LogP contribution in [-0.2, 0) is 4.74 Å². The zero-order chi connectivity index (χ0) is 27.7. The van der Waals surface area contributed by atoms with Crippen molar-refractivity contribution >= 4 is 0 Å². The Balaban J connectivity index is 7.43.